The minimum Gasteiger partial charge on any atom is -0.462 e. The minimum absolute atomic E-state index is 0.0464. The van der Waals surface area contributed by atoms with Gasteiger partial charge in [-0.15, -0.1) is 0 Å². The smallest absolute Gasteiger partial charge is 0.302 e. The lowest BCUT2D eigenvalue weighted by molar-refractivity contribution is -0.211. The van der Waals surface area contributed by atoms with Gasteiger partial charge in [0, 0.05) is 23.7 Å². The Bertz CT molecular complexity index is 1220. The van der Waals surface area contributed by atoms with Gasteiger partial charge in [0.15, 0.2) is 5.78 Å². The molecule has 0 heterocycles. The second-order valence-electron chi connectivity index (χ2n) is 17.3. The first kappa shape index (κ1) is 30.3. The zero-order valence-electron chi connectivity index (χ0n) is 27.7. The van der Waals surface area contributed by atoms with E-state index in [0.717, 1.165) is 70.6 Å². The fourth-order valence-corrected chi connectivity index (χ4v) is 11.7. The van der Waals surface area contributed by atoms with Crippen LogP contribution in [0.25, 0.3) is 0 Å². The van der Waals surface area contributed by atoms with E-state index in [1.54, 1.807) is 12.2 Å². The van der Waals surface area contributed by atoms with Crippen LogP contribution in [0.5, 0.6) is 0 Å². The standard InChI is InChI=1S/C36H55NO5/c1-22(38)42-28-13-14-34(6)27(31(28,2)3)12-15-36(8)29(34)26(39)20-24-25-21-33(5,30(40)37(41-9)23-10-11-23)17-16-32(25,4)18-19-35(24,36)7/h20,23,25,27-29H,10-19,21H2,1-9H3/t25-,27?,28-,29+,32+,33-,34-,35+,36+/m0/s1. The lowest BCUT2D eigenvalue weighted by Gasteiger charge is -2.70. The molecule has 9 atom stereocenters. The molecular weight excluding hydrogens is 526 g/mol. The van der Waals surface area contributed by atoms with E-state index in [2.05, 4.69) is 54.5 Å². The Kier molecular flexibility index (Phi) is 6.80. The lowest BCUT2D eigenvalue weighted by atomic mass is 9.33. The van der Waals surface area contributed by atoms with Crippen molar-refractivity contribution >= 4 is 17.7 Å². The molecule has 0 aromatic rings. The molecule has 1 amide bonds. The molecule has 6 aliphatic carbocycles. The van der Waals surface area contributed by atoms with Crippen molar-refractivity contribution < 1.29 is 24.0 Å². The van der Waals surface area contributed by atoms with Crippen molar-refractivity contribution in [3.63, 3.8) is 0 Å². The number of ketones is 1. The molecule has 0 aromatic carbocycles. The number of amides is 1. The highest BCUT2D eigenvalue weighted by Crippen LogP contribution is 2.75. The number of hydrogen-bond acceptors (Lipinski definition) is 5. The molecule has 0 aromatic heterocycles. The number of ether oxygens (including phenoxy) is 1. The Morgan fingerprint density at radius 2 is 1.55 bits per heavy atom. The molecule has 5 fully saturated rings. The van der Waals surface area contributed by atoms with E-state index < -0.39 is 5.41 Å². The van der Waals surface area contributed by atoms with Crippen LogP contribution in [0.15, 0.2) is 11.6 Å². The first-order valence-corrected chi connectivity index (χ1v) is 16.8. The van der Waals surface area contributed by atoms with Crippen molar-refractivity contribution in [2.24, 2.45) is 50.2 Å². The van der Waals surface area contributed by atoms with Crippen molar-refractivity contribution in [1.29, 1.82) is 0 Å². The molecule has 0 aliphatic heterocycles. The van der Waals surface area contributed by atoms with Gasteiger partial charge in [0.25, 0.3) is 5.91 Å². The number of hydrogen-bond donors (Lipinski definition) is 0. The van der Waals surface area contributed by atoms with Gasteiger partial charge in [0.1, 0.15) is 6.10 Å². The first-order chi connectivity index (χ1) is 19.5. The van der Waals surface area contributed by atoms with Gasteiger partial charge in [-0.3, -0.25) is 19.2 Å². The highest BCUT2D eigenvalue weighted by Gasteiger charge is 2.70. The molecule has 234 valence electrons. The molecule has 0 spiro atoms. The topological polar surface area (TPSA) is 72.9 Å². The van der Waals surface area contributed by atoms with Gasteiger partial charge in [-0.25, -0.2) is 5.06 Å². The summed E-state index contributed by atoms with van der Waals surface area (Å²) in [5, 5.41) is 1.67. The quantitative estimate of drug-likeness (QED) is 0.255. The van der Waals surface area contributed by atoms with Gasteiger partial charge in [0.2, 0.25) is 0 Å². The van der Waals surface area contributed by atoms with Crippen molar-refractivity contribution in [2.75, 3.05) is 7.11 Å². The Morgan fingerprint density at radius 3 is 2.17 bits per heavy atom. The van der Waals surface area contributed by atoms with E-state index in [0.29, 0.717) is 11.7 Å². The molecular formula is C36H55NO5. The second kappa shape index (κ2) is 9.41. The summed E-state index contributed by atoms with van der Waals surface area (Å²) in [5.41, 5.74) is 0.411. The largest absolute Gasteiger partial charge is 0.462 e. The number of hydroxylamine groups is 2. The minimum atomic E-state index is -0.481. The zero-order valence-corrected chi connectivity index (χ0v) is 27.7. The van der Waals surface area contributed by atoms with Gasteiger partial charge in [-0.2, -0.15) is 0 Å². The molecule has 0 N–H and O–H groups in total. The molecule has 42 heavy (non-hydrogen) atoms. The van der Waals surface area contributed by atoms with Crippen LogP contribution in [-0.4, -0.2) is 42.0 Å². The molecule has 0 radical (unpaired) electrons. The van der Waals surface area contributed by atoms with Gasteiger partial charge < -0.3 is 4.74 Å². The first-order valence-electron chi connectivity index (χ1n) is 16.8. The average molecular weight is 582 g/mol. The summed E-state index contributed by atoms with van der Waals surface area (Å²) < 4.78 is 5.87. The van der Waals surface area contributed by atoms with E-state index in [4.69, 9.17) is 9.57 Å². The molecule has 5 saturated carbocycles. The van der Waals surface area contributed by atoms with Crippen molar-refractivity contribution in [3.8, 4) is 0 Å². The van der Waals surface area contributed by atoms with Crippen molar-refractivity contribution in [3.05, 3.63) is 11.6 Å². The fraction of sp³-hybridized carbons (Fsp3) is 0.861. The second-order valence-corrected chi connectivity index (χ2v) is 17.3. The number of carbonyl (C=O) groups is 3. The third kappa shape index (κ3) is 4.01. The number of rotatable bonds is 4. The summed E-state index contributed by atoms with van der Waals surface area (Å²) >= 11 is 0. The molecule has 6 nitrogen and oxygen atoms in total. The van der Waals surface area contributed by atoms with Crippen molar-refractivity contribution in [1.82, 2.24) is 5.06 Å². The Balaban J connectivity index is 1.37. The third-order valence-corrected chi connectivity index (χ3v) is 14.6. The van der Waals surface area contributed by atoms with Crippen LogP contribution >= 0.6 is 0 Å². The van der Waals surface area contributed by atoms with Gasteiger partial charge in [0.05, 0.1) is 13.2 Å². The molecule has 1 unspecified atom stereocenters. The molecule has 6 heteroatoms. The molecule has 6 rings (SSSR count). The van der Waals surface area contributed by atoms with Gasteiger partial charge in [-0.05, 0) is 110 Å². The number of carbonyl (C=O) groups excluding carboxylic acids is 3. The summed E-state index contributed by atoms with van der Waals surface area (Å²) in [5.74, 6) is 0.720. The summed E-state index contributed by atoms with van der Waals surface area (Å²) in [4.78, 5) is 46.2. The maximum absolute atomic E-state index is 14.6. The third-order valence-electron chi connectivity index (χ3n) is 14.6. The SMILES string of the molecule is CON(C(=O)[C@@]1(C)CC[C@]2(C)CC[C@]3(C)C(=CC(=O)[C@@H]4[C@@]5(C)CC[C@H](OC(C)=O)C(C)(C)C5CC[C@]43C)[C@@H]2C1)C1CC1. The number of fused-ring (bicyclic) bond motifs is 7. The summed E-state index contributed by atoms with van der Waals surface area (Å²) in [7, 11) is 1.63. The van der Waals surface area contributed by atoms with Crippen LogP contribution in [0.2, 0.25) is 0 Å². The highest BCUT2D eigenvalue weighted by atomic mass is 16.7. The van der Waals surface area contributed by atoms with E-state index in [1.807, 2.05) is 0 Å². The fourth-order valence-electron chi connectivity index (χ4n) is 11.7. The zero-order chi connectivity index (χ0) is 30.7. The Labute approximate surface area is 253 Å². The summed E-state index contributed by atoms with van der Waals surface area (Å²) in [6, 6.07) is 0.218. The van der Waals surface area contributed by atoms with Crippen LogP contribution < -0.4 is 0 Å². The highest BCUT2D eigenvalue weighted by molar-refractivity contribution is 5.95. The average Bonchev–Trinajstić information content (AvgIpc) is 3.73. The normalized spacial score (nSPS) is 47.6. The molecule has 0 saturated heterocycles. The lowest BCUT2D eigenvalue weighted by Crippen LogP contribution is -2.66. The van der Waals surface area contributed by atoms with Gasteiger partial charge >= 0.3 is 5.97 Å². The van der Waals surface area contributed by atoms with E-state index in [9.17, 15) is 14.4 Å². The van der Waals surface area contributed by atoms with Crippen LogP contribution in [0, 0.1) is 50.2 Å². The van der Waals surface area contributed by atoms with E-state index in [1.165, 1.54) is 12.5 Å². The maximum atomic E-state index is 14.6. The van der Waals surface area contributed by atoms with Crippen LogP contribution in [0.4, 0.5) is 0 Å². The number of nitrogens with zero attached hydrogens (tertiary/aromatic N) is 1. The molecule has 6 aliphatic rings. The van der Waals surface area contributed by atoms with Crippen molar-refractivity contribution in [2.45, 2.75) is 138 Å². The molecule has 0 bridgehead atoms. The number of allylic oxidation sites excluding steroid dienone is 2. The summed E-state index contributed by atoms with van der Waals surface area (Å²) in [6.45, 7) is 17.9. The van der Waals surface area contributed by atoms with Crippen LogP contribution in [0.3, 0.4) is 0 Å². The maximum Gasteiger partial charge on any atom is 0.302 e. The summed E-state index contributed by atoms with van der Waals surface area (Å²) in [6.07, 6.45) is 12.7. The van der Waals surface area contributed by atoms with E-state index in [-0.39, 0.29) is 62.9 Å². The van der Waals surface area contributed by atoms with Crippen LogP contribution in [0.1, 0.15) is 126 Å². The monoisotopic (exact) mass is 581 g/mol. The number of esters is 1. The Morgan fingerprint density at radius 1 is 0.881 bits per heavy atom. The predicted molar refractivity (Wildman–Crippen MR) is 162 cm³/mol. The Hall–Kier alpha value is -1.69. The van der Waals surface area contributed by atoms with Crippen LogP contribution in [-0.2, 0) is 24.0 Å². The predicted octanol–water partition coefficient (Wildman–Crippen LogP) is 7.45. The van der Waals surface area contributed by atoms with E-state index >= 15 is 0 Å². The van der Waals surface area contributed by atoms with Gasteiger partial charge in [-0.1, -0.05) is 54.0 Å².